The van der Waals surface area contributed by atoms with Crippen LogP contribution < -0.4 is 5.73 Å². The molecule has 82 valence electrons. The van der Waals surface area contributed by atoms with Gasteiger partial charge in [0.05, 0.1) is 18.3 Å². The van der Waals surface area contributed by atoms with Gasteiger partial charge in [-0.3, -0.25) is 4.98 Å². The zero-order valence-corrected chi connectivity index (χ0v) is 10.1. The summed E-state index contributed by atoms with van der Waals surface area (Å²) in [4.78, 5) is 15.6. The fourth-order valence-electron chi connectivity index (χ4n) is 1.46. The van der Waals surface area contributed by atoms with Crippen LogP contribution in [-0.4, -0.2) is 18.1 Å². The fourth-order valence-corrected chi connectivity index (χ4v) is 1.81. The highest BCUT2D eigenvalue weighted by Crippen LogP contribution is 2.25. The molecule has 2 N–H and O–H groups in total. The summed E-state index contributed by atoms with van der Waals surface area (Å²) in [5.74, 6) is -0.477. The Kier molecular flexibility index (Phi) is 2.78. The van der Waals surface area contributed by atoms with Crippen LogP contribution in [0.25, 0.3) is 10.9 Å². The Balaban J connectivity index is 2.70. The Bertz CT molecular complexity index is 569. The average Bonchev–Trinajstić information content (AvgIpc) is 2.28. The van der Waals surface area contributed by atoms with E-state index in [0.717, 1.165) is 15.4 Å². The van der Waals surface area contributed by atoms with Gasteiger partial charge in [-0.1, -0.05) is 15.9 Å². The molecular weight excluding hydrogens is 272 g/mol. The predicted molar refractivity (Wildman–Crippen MR) is 65.2 cm³/mol. The molecule has 0 saturated heterocycles. The Morgan fingerprint density at radius 2 is 2.25 bits per heavy atom. The van der Waals surface area contributed by atoms with Gasteiger partial charge in [0.2, 0.25) is 0 Å². The van der Waals surface area contributed by atoms with Crippen LogP contribution in [0.1, 0.15) is 10.4 Å². The highest BCUT2D eigenvalue weighted by atomic mass is 79.9. The van der Waals surface area contributed by atoms with E-state index in [1.165, 1.54) is 13.3 Å². The van der Waals surface area contributed by atoms with Crippen molar-refractivity contribution in [3.63, 3.8) is 0 Å². The highest BCUT2D eigenvalue weighted by Gasteiger charge is 2.13. The molecule has 16 heavy (non-hydrogen) atoms. The molecule has 1 aromatic carbocycles. The third-order valence-electron chi connectivity index (χ3n) is 2.28. The summed E-state index contributed by atoms with van der Waals surface area (Å²) < 4.78 is 5.54. The number of carbonyl (C=O) groups excluding carboxylic acids is 1. The molecule has 0 aliphatic carbocycles. The first-order valence-corrected chi connectivity index (χ1v) is 5.35. The Hall–Kier alpha value is -1.62. The lowest BCUT2D eigenvalue weighted by Gasteiger charge is -2.06. The number of nitrogens with two attached hydrogens (primary N) is 1. The lowest BCUT2D eigenvalue weighted by atomic mass is 10.1. The summed E-state index contributed by atoms with van der Waals surface area (Å²) in [6.07, 6.45) is 1.43. The number of benzene rings is 1. The maximum atomic E-state index is 11.4. The number of anilines is 1. The minimum atomic E-state index is -0.477. The van der Waals surface area contributed by atoms with Crippen molar-refractivity contribution in [1.29, 1.82) is 0 Å². The van der Waals surface area contributed by atoms with E-state index in [-0.39, 0.29) is 5.56 Å². The number of carbonyl (C=O) groups is 1. The maximum Gasteiger partial charge on any atom is 0.341 e. The van der Waals surface area contributed by atoms with Crippen molar-refractivity contribution in [3.8, 4) is 0 Å². The van der Waals surface area contributed by atoms with Gasteiger partial charge in [-0.2, -0.15) is 0 Å². The standard InChI is InChI=1S/C11H9BrN2O2/c1-16-11(15)8-5-14-9-4-6(12)2-3-7(9)10(8)13/h2-5H,1H3,(H2,13,14). The highest BCUT2D eigenvalue weighted by molar-refractivity contribution is 9.10. The lowest BCUT2D eigenvalue weighted by Crippen LogP contribution is -2.06. The van der Waals surface area contributed by atoms with Gasteiger partial charge < -0.3 is 10.5 Å². The molecule has 0 atom stereocenters. The largest absolute Gasteiger partial charge is 0.465 e. The van der Waals surface area contributed by atoms with Crippen molar-refractivity contribution < 1.29 is 9.53 Å². The van der Waals surface area contributed by atoms with E-state index in [1.54, 1.807) is 0 Å². The van der Waals surface area contributed by atoms with E-state index >= 15 is 0 Å². The molecule has 0 fully saturated rings. The fraction of sp³-hybridized carbons (Fsp3) is 0.0909. The number of hydrogen-bond acceptors (Lipinski definition) is 4. The number of ether oxygens (including phenoxy) is 1. The summed E-state index contributed by atoms with van der Waals surface area (Å²) in [6, 6.07) is 5.50. The smallest absolute Gasteiger partial charge is 0.341 e. The number of nitrogens with zero attached hydrogens (tertiary/aromatic N) is 1. The Morgan fingerprint density at radius 3 is 2.94 bits per heavy atom. The molecule has 0 bridgehead atoms. The molecule has 0 spiro atoms. The van der Waals surface area contributed by atoms with Crippen LogP contribution in [0.15, 0.2) is 28.9 Å². The molecular formula is C11H9BrN2O2. The number of aromatic nitrogens is 1. The monoisotopic (exact) mass is 280 g/mol. The number of nitrogen functional groups attached to an aromatic ring is 1. The SMILES string of the molecule is COC(=O)c1cnc2cc(Br)ccc2c1N. The second-order valence-corrected chi connectivity index (χ2v) is 4.15. The van der Waals surface area contributed by atoms with Gasteiger partial charge in [0.25, 0.3) is 0 Å². The third-order valence-corrected chi connectivity index (χ3v) is 2.77. The summed E-state index contributed by atoms with van der Waals surface area (Å²) in [5.41, 5.74) is 7.31. The Labute approximate surface area is 101 Å². The van der Waals surface area contributed by atoms with Crippen LogP contribution in [0.3, 0.4) is 0 Å². The molecule has 1 aromatic heterocycles. The minimum Gasteiger partial charge on any atom is -0.465 e. The minimum absolute atomic E-state index is 0.289. The zero-order chi connectivity index (χ0) is 11.7. The summed E-state index contributed by atoms with van der Waals surface area (Å²) in [6.45, 7) is 0. The summed E-state index contributed by atoms with van der Waals surface area (Å²) in [5, 5.41) is 0.742. The van der Waals surface area contributed by atoms with Crippen molar-refractivity contribution in [2.45, 2.75) is 0 Å². The number of halogens is 1. The number of hydrogen-bond donors (Lipinski definition) is 1. The van der Waals surface area contributed by atoms with E-state index in [9.17, 15) is 4.79 Å². The van der Waals surface area contributed by atoms with Crippen LogP contribution in [0.4, 0.5) is 5.69 Å². The van der Waals surface area contributed by atoms with Crippen molar-refractivity contribution >= 4 is 38.5 Å². The summed E-state index contributed by atoms with van der Waals surface area (Å²) in [7, 11) is 1.31. The summed E-state index contributed by atoms with van der Waals surface area (Å²) >= 11 is 3.35. The molecule has 0 amide bonds. The quantitative estimate of drug-likeness (QED) is 0.815. The zero-order valence-electron chi connectivity index (χ0n) is 8.53. The van der Waals surface area contributed by atoms with Gasteiger partial charge in [-0.05, 0) is 18.2 Å². The number of rotatable bonds is 1. The van der Waals surface area contributed by atoms with Crippen LogP contribution in [0.5, 0.6) is 0 Å². The number of esters is 1. The molecule has 0 radical (unpaired) electrons. The molecule has 0 saturated carbocycles. The third kappa shape index (κ3) is 1.74. The van der Waals surface area contributed by atoms with Crippen molar-refractivity contribution in [2.24, 2.45) is 0 Å². The van der Waals surface area contributed by atoms with Gasteiger partial charge >= 0.3 is 5.97 Å². The molecule has 2 rings (SSSR count). The maximum absolute atomic E-state index is 11.4. The van der Waals surface area contributed by atoms with Crippen molar-refractivity contribution in [3.05, 3.63) is 34.4 Å². The topological polar surface area (TPSA) is 65.2 Å². The molecule has 1 heterocycles. The first kappa shape index (κ1) is 10.9. The van der Waals surface area contributed by atoms with E-state index in [4.69, 9.17) is 5.73 Å². The molecule has 0 unspecified atom stereocenters. The van der Waals surface area contributed by atoms with E-state index in [2.05, 4.69) is 25.7 Å². The van der Waals surface area contributed by atoms with Gasteiger partial charge in [-0.15, -0.1) is 0 Å². The normalized spacial score (nSPS) is 10.4. The van der Waals surface area contributed by atoms with Gasteiger partial charge in [-0.25, -0.2) is 4.79 Å². The second-order valence-electron chi connectivity index (χ2n) is 3.24. The molecule has 5 heteroatoms. The van der Waals surface area contributed by atoms with Crippen LogP contribution in [0.2, 0.25) is 0 Å². The van der Waals surface area contributed by atoms with Crippen LogP contribution in [0, 0.1) is 0 Å². The van der Waals surface area contributed by atoms with E-state index < -0.39 is 5.97 Å². The molecule has 4 nitrogen and oxygen atoms in total. The van der Waals surface area contributed by atoms with Crippen molar-refractivity contribution in [2.75, 3.05) is 12.8 Å². The van der Waals surface area contributed by atoms with Gasteiger partial charge in [0, 0.05) is 16.1 Å². The van der Waals surface area contributed by atoms with E-state index in [1.807, 2.05) is 18.2 Å². The molecule has 2 aromatic rings. The number of methoxy groups -OCH3 is 1. The Morgan fingerprint density at radius 1 is 1.50 bits per heavy atom. The lowest BCUT2D eigenvalue weighted by molar-refractivity contribution is 0.0601. The molecule has 0 aliphatic heterocycles. The van der Waals surface area contributed by atoms with Gasteiger partial charge in [0.1, 0.15) is 5.56 Å². The van der Waals surface area contributed by atoms with Crippen molar-refractivity contribution in [1.82, 2.24) is 4.98 Å². The number of fused-ring (bicyclic) bond motifs is 1. The van der Waals surface area contributed by atoms with E-state index in [0.29, 0.717) is 5.69 Å². The van der Waals surface area contributed by atoms with Gasteiger partial charge in [0.15, 0.2) is 0 Å². The van der Waals surface area contributed by atoms with Crippen LogP contribution >= 0.6 is 15.9 Å². The predicted octanol–water partition coefficient (Wildman–Crippen LogP) is 2.37. The molecule has 0 aliphatic rings. The van der Waals surface area contributed by atoms with Crippen LogP contribution in [-0.2, 0) is 4.74 Å². The first-order valence-electron chi connectivity index (χ1n) is 4.55. The number of pyridine rings is 1. The average molecular weight is 281 g/mol. The first-order chi connectivity index (χ1) is 7.63. The second kappa shape index (κ2) is 4.09.